The molecule has 0 aliphatic rings. The summed E-state index contributed by atoms with van der Waals surface area (Å²) < 4.78 is 27.4. The molecule has 0 radical (unpaired) electrons. The highest BCUT2D eigenvalue weighted by Gasteiger charge is 2.17. The van der Waals surface area contributed by atoms with Crippen molar-refractivity contribution in [3.63, 3.8) is 0 Å². The van der Waals surface area contributed by atoms with Crippen LogP contribution >= 0.6 is 0 Å². The van der Waals surface area contributed by atoms with E-state index in [0.717, 1.165) is 32.5 Å². The highest BCUT2D eigenvalue weighted by atomic mass is 32.2. The second kappa shape index (κ2) is 9.15. The highest BCUT2D eigenvalue weighted by molar-refractivity contribution is 7.89. The van der Waals surface area contributed by atoms with Crippen LogP contribution < -0.4 is 4.72 Å². The zero-order valence-electron chi connectivity index (χ0n) is 14.5. The van der Waals surface area contributed by atoms with E-state index < -0.39 is 10.0 Å². The lowest BCUT2D eigenvalue weighted by Gasteiger charge is -2.19. The smallest absolute Gasteiger partial charge is 0.240 e. The Bertz CT molecular complexity index is 593. The summed E-state index contributed by atoms with van der Waals surface area (Å²) in [6.45, 7) is 10.6. The van der Waals surface area contributed by atoms with Gasteiger partial charge in [-0.1, -0.05) is 26.0 Å². The van der Waals surface area contributed by atoms with Crippen molar-refractivity contribution in [2.24, 2.45) is 0 Å². The summed E-state index contributed by atoms with van der Waals surface area (Å²) in [5.41, 5.74) is 0.510. The molecule has 0 bridgehead atoms. The van der Waals surface area contributed by atoms with Crippen LogP contribution in [0, 0.1) is 0 Å². The van der Waals surface area contributed by atoms with Crippen molar-refractivity contribution in [2.75, 3.05) is 19.6 Å². The molecule has 6 heteroatoms. The molecule has 1 atom stereocenters. The normalized spacial score (nSPS) is 13.3. The Labute approximate surface area is 140 Å². The lowest BCUT2D eigenvalue weighted by atomic mass is 10.2. The lowest BCUT2D eigenvalue weighted by molar-refractivity contribution is 0.101. The van der Waals surface area contributed by atoms with Crippen molar-refractivity contribution < 1.29 is 13.2 Å². The third kappa shape index (κ3) is 6.41. The van der Waals surface area contributed by atoms with Gasteiger partial charge in [-0.25, -0.2) is 13.1 Å². The van der Waals surface area contributed by atoms with Crippen LogP contribution in [-0.2, 0) is 10.0 Å². The minimum Gasteiger partial charge on any atom is -0.304 e. The Hall–Kier alpha value is -1.24. The first-order valence-corrected chi connectivity index (χ1v) is 9.64. The molecule has 1 aromatic rings. The number of carbonyl (C=O) groups excluding carboxylic acids is 1. The molecule has 1 aromatic carbocycles. The van der Waals surface area contributed by atoms with E-state index in [1.54, 1.807) is 12.1 Å². The number of sulfonamides is 1. The predicted molar refractivity (Wildman–Crippen MR) is 93.3 cm³/mol. The molecule has 1 N–H and O–H groups in total. The molecular weight excluding hydrogens is 312 g/mol. The minimum absolute atomic E-state index is 0.0772. The molecule has 0 fully saturated rings. The number of hydrogen-bond acceptors (Lipinski definition) is 4. The van der Waals surface area contributed by atoms with Crippen LogP contribution in [0.4, 0.5) is 0 Å². The van der Waals surface area contributed by atoms with Crippen LogP contribution in [0.5, 0.6) is 0 Å². The molecule has 0 saturated heterocycles. The van der Waals surface area contributed by atoms with E-state index in [9.17, 15) is 13.2 Å². The Balaban J connectivity index is 2.58. The zero-order chi connectivity index (χ0) is 17.5. The molecule has 0 spiro atoms. The second-order valence-corrected chi connectivity index (χ2v) is 7.49. The Morgan fingerprint density at radius 2 is 1.74 bits per heavy atom. The van der Waals surface area contributed by atoms with Gasteiger partial charge in [0.25, 0.3) is 0 Å². The Morgan fingerprint density at radius 3 is 2.22 bits per heavy atom. The van der Waals surface area contributed by atoms with Crippen LogP contribution in [0.2, 0.25) is 0 Å². The van der Waals surface area contributed by atoms with Crippen molar-refractivity contribution in [2.45, 2.75) is 51.5 Å². The maximum Gasteiger partial charge on any atom is 0.240 e. The van der Waals surface area contributed by atoms with Gasteiger partial charge < -0.3 is 4.90 Å². The summed E-state index contributed by atoms with van der Waals surface area (Å²) in [5.74, 6) is -0.0772. The van der Waals surface area contributed by atoms with Gasteiger partial charge >= 0.3 is 0 Å². The van der Waals surface area contributed by atoms with E-state index in [0.29, 0.717) is 5.56 Å². The molecule has 0 aromatic heterocycles. The summed E-state index contributed by atoms with van der Waals surface area (Å²) in [6, 6.07) is 5.91. The second-order valence-electron chi connectivity index (χ2n) is 5.77. The Kier molecular flexibility index (Phi) is 7.88. The molecule has 23 heavy (non-hydrogen) atoms. The third-order valence-corrected chi connectivity index (χ3v) is 5.54. The van der Waals surface area contributed by atoms with Gasteiger partial charge in [0.15, 0.2) is 5.78 Å². The summed E-state index contributed by atoms with van der Waals surface area (Å²) in [6.07, 6.45) is 1.75. The van der Waals surface area contributed by atoms with Crippen LogP contribution in [0.25, 0.3) is 0 Å². The van der Waals surface area contributed by atoms with Crippen molar-refractivity contribution >= 4 is 15.8 Å². The fourth-order valence-corrected chi connectivity index (χ4v) is 3.70. The van der Waals surface area contributed by atoms with E-state index in [2.05, 4.69) is 23.5 Å². The first-order chi connectivity index (χ1) is 10.8. The molecule has 5 nitrogen and oxygen atoms in total. The molecular formula is C17H28N2O3S. The van der Waals surface area contributed by atoms with Gasteiger partial charge in [-0.3, -0.25) is 4.79 Å². The number of hydrogen-bond donors (Lipinski definition) is 1. The van der Waals surface area contributed by atoms with Gasteiger partial charge in [-0.05, 0) is 58.5 Å². The van der Waals surface area contributed by atoms with E-state index in [-0.39, 0.29) is 16.7 Å². The first-order valence-electron chi connectivity index (χ1n) is 8.15. The average Bonchev–Trinajstić information content (AvgIpc) is 2.51. The number of benzene rings is 1. The van der Waals surface area contributed by atoms with Gasteiger partial charge in [-0.15, -0.1) is 0 Å². The molecule has 0 unspecified atom stereocenters. The van der Waals surface area contributed by atoms with Crippen LogP contribution in [-0.4, -0.2) is 44.8 Å². The number of ketones is 1. The summed E-state index contributed by atoms with van der Waals surface area (Å²) in [7, 11) is -3.54. The number of nitrogens with zero attached hydrogens (tertiary/aromatic N) is 1. The van der Waals surface area contributed by atoms with E-state index >= 15 is 0 Å². The highest BCUT2D eigenvalue weighted by Crippen LogP contribution is 2.12. The van der Waals surface area contributed by atoms with Crippen molar-refractivity contribution in [3.8, 4) is 0 Å². The number of carbonyl (C=O) groups is 1. The van der Waals surface area contributed by atoms with Gasteiger partial charge in [-0.2, -0.15) is 0 Å². The van der Waals surface area contributed by atoms with Gasteiger partial charge in [0.05, 0.1) is 4.90 Å². The summed E-state index contributed by atoms with van der Waals surface area (Å²) in [4.78, 5) is 13.8. The maximum absolute atomic E-state index is 12.3. The lowest BCUT2D eigenvalue weighted by Crippen LogP contribution is -2.33. The molecule has 0 heterocycles. The largest absolute Gasteiger partial charge is 0.304 e. The number of nitrogens with one attached hydrogen (secondary N) is 1. The van der Waals surface area contributed by atoms with Crippen LogP contribution in [0.15, 0.2) is 29.2 Å². The van der Waals surface area contributed by atoms with Gasteiger partial charge in [0, 0.05) is 11.6 Å². The van der Waals surface area contributed by atoms with Crippen LogP contribution in [0.1, 0.15) is 50.9 Å². The molecule has 0 aliphatic heterocycles. The fourth-order valence-electron chi connectivity index (χ4n) is 2.42. The Morgan fingerprint density at radius 1 is 1.17 bits per heavy atom. The zero-order valence-corrected chi connectivity index (χ0v) is 15.3. The van der Waals surface area contributed by atoms with Crippen molar-refractivity contribution in [1.29, 1.82) is 0 Å². The molecule has 0 aliphatic carbocycles. The predicted octanol–water partition coefficient (Wildman–Crippen LogP) is 2.68. The minimum atomic E-state index is -3.54. The first kappa shape index (κ1) is 19.8. The van der Waals surface area contributed by atoms with E-state index in [4.69, 9.17) is 0 Å². The van der Waals surface area contributed by atoms with Gasteiger partial charge in [0.1, 0.15) is 0 Å². The summed E-state index contributed by atoms with van der Waals surface area (Å²) in [5, 5.41) is 0. The molecule has 0 amide bonds. The molecule has 130 valence electrons. The third-order valence-electron chi connectivity index (χ3n) is 3.93. The van der Waals surface area contributed by atoms with Crippen molar-refractivity contribution in [3.05, 3.63) is 29.8 Å². The summed E-state index contributed by atoms with van der Waals surface area (Å²) >= 11 is 0. The molecule has 1 rings (SSSR count). The maximum atomic E-state index is 12.3. The fraction of sp³-hybridized carbons (Fsp3) is 0.588. The monoisotopic (exact) mass is 340 g/mol. The number of rotatable bonds is 10. The quantitative estimate of drug-likeness (QED) is 0.665. The van der Waals surface area contributed by atoms with Crippen LogP contribution in [0.3, 0.4) is 0 Å². The standard InChI is InChI=1S/C17H28N2O3S/c1-5-19(6-2)13-7-8-14(3)18-23(21,22)17-11-9-16(10-12-17)15(4)20/h9-12,14,18H,5-8,13H2,1-4H3/t14-/m1/s1. The van der Waals surface area contributed by atoms with Gasteiger partial charge in [0.2, 0.25) is 10.0 Å². The van der Waals surface area contributed by atoms with E-state index in [1.165, 1.54) is 19.1 Å². The topological polar surface area (TPSA) is 66.5 Å². The SMILES string of the molecule is CCN(CC)CCC[C@@H](C)NS(=O)(=O)c1ccc(C(C)=O)cc1. The molecule has 0 saturated carbocycles. The average molecular weight is 340 g/mol. The number of Topliss-reactive ketones (excluding diaryl/α,β-unsaturated/α-hetero) is 1. The van der Waals surface area contributed by atoms with Crippen molar-refractivity contribution in [1.82, 2.24) is 9.62 Å². The van der Waals surface area contributed by atoms with E-state index in [1.807, 2.05) is 6.92 Å².